The molecule has 1 atom stereocenters. The molecule has 2 amide bonds. The lowest BCUT2D eigenvalue weighted by Crippen LogP contribution is -2.49. The normalized spacial score (nSPS) is 15.7. The SMILES string of the molecule is CCC(C)N1CCN(CCCNC(=O)Nc2nc3ccc(N(C)c4ccc(Cl)cc4F)nc3s2)CC1. The van der Waals surface area contributed by atoms with Gasteiger partial charge in [-0.05, 0) is 56.6 Å². The van der Waals surface area contributed by atoms with E-state index in [2.05, 4.69) is 44.2 Å². The zero-order valence-electron chi connectivity index (χ0n) is 20.9. The molecular formula is C25H33ClFN7OS. The molecule has 0 saturated carbocycles. The van der Waals surface area contributed by atoms with Crippen molar-refractivity contribution < 1.29 is 9.18 Å². The average molecular weight is 534 g/mol. The number of pyridine rings is 1. The molecule has 194 valence electrons. The van der Waals surface area contributed by atoms with Crippen LogP contribution in [-0.4, -0.2) is 78.2 Å². The van der Waals surface area contributed by atoms with Crippen molar-refractivity contribution in [1.29, 1.82) is 0 Å². The van der Waals surface area contributed by atoms with Crippen molar-refractivity contribution >= 4 is 56.0 Å². The minimum Gasteiger partial charge on any atom is -0.338 e. The number of carbonyl (C=O) groups excluding carboxylic acids is 1. The largest absolute Gasteiger partial charge is 0.338 e. The Balaban J connectivity index is 1.25. The van der Waals surface area contributed by atoms with E-state index in [0.717, 1.165) is 39.1 Å². The number of hydrogen-bond donors (Lipinski definition) is 2. The Bertz CT molecular complexity index is 1180. The molecule has 2 N–H and O–H groups in total. The molecule has 4 rings (SSSR count). The van der Waals surface area contributed by atoms with Crippen LogP contribution in [0.4, 0.5) is 25.8 Å². The van der Waals surface area contributed by atoms with Gasteiger partial charge in [-0.25, -0.2) is 19.2 Å². The number of hydrogen-bond acceptors (Lipinski definition) is 7. The van der Waals surface area contributed by atoms with E-state index in [1.54, 1.807) is 30.1 Å². The number of aromatic nitrogens is 2. The average Bonchev–Trinajstić information content (AvgIpc) is 3.27. The number of thiazole rings is 1. The zero-order chi connectivity index (χ0) is 25.7. The third-order valence-corrected chi connectivity index (χ3v) is 7.75. The summed E-state index contributed by atoms with van der Waals surface area (Å²) in [5, 5.41) is 6.51. The number of benzene rings is 1. The van der Waals surface area contributed by atoms with Gasteiger partial charge in [0.15, 0.2) is 5.13 Å². The molecule has 1 aromatic carbocycles. The Morgan fingerprint density at radius 2 is 2.00 bits per heavy atom. The van der Waals surface area contributed by atoms with E-state index in [1.165, 1.54) is 23.8 Å². The monoisotopic (exact) mass is 533 g/mol. The number of anilines is 3. The van der Waals surface area contributed by atoms with E-state index < -0.39 is 5.82 Å². The van der Waals surface area contributed by atoms with Crippen LogP contribution in [0.15, 0.2) is 30.3 Å². The molecular weight excluding hydrogens is 501 g/mol. The van der Waals surface area contributed by atoms with Crippen molar-refractivity contribution in [3.05, 3.63) is 41.2 Å². The molecule has 8 nitrogen and oxygen atoms in total. The first-order chi connectivity index (χ1) is 17.3. The number of fused-ring (bicyclic) bond motifs is 1. The number of rotatable bonds is 9. The van der Waals surface area contributed by atoms with Crippen molar-refractivity contribution in [3.63, 3.8) is 0 Å². The summed E-state index contributed by atoms with van der Waals surface area (Å²) in [6.07, 6.45) is 2.08. The van der Waals surface area contributed by atoms with Gasteiger partial charge in [0, 0.05) is 50.8 Å². The molecule has 0 radical (unpaired) electrons. The van der Waals surface area contributed by atoms with Gasteiger partial charge in [-0.2, -0.15) is 0 Å². The predicted octanol–water partition coefficient (Wildman–Crippen LogP) is 5.18. The summed E-state index contributed by atoms with van der Waals surface area (Å²) in [7, 11) is 1.74. The summed E-state index contributed by atoms with van der Waals surface area (Å²) >= 11 is 7.14. The third kappa shape index (κ3) is 6.61. The van der Waals surface area contributed by atoms with Crippen LogP contribution in [-0.2, 0) is 0 Å². The van der Waals surface area contributed by atoms with Crippen molar-refractivity contribution in [2.75, 3.05) is 56.5 Å². The highest BCUT2D eigenvalue weighted by atomic mass is 35.5. The van der Waals surface area contributed by atoms with Crippen LogP contribution < -0.4 is 15.5 Å². The van der Waals surface area contributed by atoms with E-state index in [9.17, 15) is 9.18 Å². The van der Waals surface area contributed by atoms with E-state index in [4.69, 9.17) is 11.6 Å². The van der Waals surface area contributed by atoms with Crippen molar-refractivity contribution in [3.8, 4) is 0 Å². The van der Waals surface area contributed by atoms with Gasteiger partial charge in [-0.3, -0.25) is 10.2 Å². The molecule has 1 fully saturated rings. The molecule has 0 bridgehead atoms. The lowest BCUT2D eigenvalue weighted by atomic mass is 10.2. The van der Waals surface area contributed by atoms with Crippen LogP contribution in [0.25, 0.3) is 10.3 Å². The Kier molecular flexibility index (Phi) is 8.95. The number of amides is 2. The highest BCUT2D eigenvalue weighted by molar-refractivity contribution is 7.22. The van der Waals surface area contributed by atoms with Crippen molar-refractivity contribution in [1.82, 2.24) is 25.1 Å². The summed E-state index contributed by atoms with van der Waals surface area (Å²) in [4.78, 5) is 28.7. The summed E-state index contributed by atoms with van der Waals surface area (Å²) in [6.45, 7) is 10.5. The second-order valence-electron chi connectivity index (χ2n) is 9.04. The van der Waals surface area contributed by atoms with Crippen LogP contribution in [0.1, 0.15) is 26.7 Å². The molecule has 3 heterocycles. The first-order valence-corrected chi connectivity index (χ1v) is 13.5. The highest BCUT2D eigenvalue weighted by Crippen LogP contribution is 2.31. The molecule has 0 spiro atoms. The fourth-order valence-electron chi connectivity index (χ4n) is 4.26. The second-order valence-corrected chi connectivity index (χ2v) is 10.5. The minimum atomic E-state index is -0.427. The van der Waals surface area contributed by atoms with E-state index in [-0.39, 0.29) is 6.03 Å². The molecule has 2 aromatic heterocycles. The zero-order valence-corrected chi connectivity index (χ0v) is 22.5. The molecule has 11 heteroatoms. The predicted molar refractivity (Wildman–Crippen MR) is 146 cm³/mol. The number of halogens is 2. The van der Waals surface area contributed by atoms with Gasteiger partial charge in [0.1, 0.15) is 22.0 Å². The fourth-order valence-corrected chi connectivity index (χ4v) is 5.24. The van der Waals surface area contributed by atoms with E-state index in [0.29, 0.717) is 44.6 Å². The van der Waals surface area contributed by atoms with Gasteiger partial charge in [-0.1, -0.05) is 29.9 Å². The van der Waals surface area contributed by atoms with Crippen molar-refractivity contribution in [2.24, 2.45) is 0 Å². The molecule has 3 aromatic rings. The minimum absolute atomic E-state index is 0.281. The number of nitrogens with one attached hydrogen (secondary N) is 2. The maximum Gasteiger partial charge on any atom is 0.321 e. The quantitative estimate of drug-likeness (QED) is 0.369. The summed E-state index contributed by atoms with van der Waals surface area (Å²) in [5.74, 6) is 0.136. The van der Waals surface area contributed by atoms with Gasteiger partial charge in [0.2, 0.25) is 0 Å². The standard InChI is InChI=1S/C25H33ClFN7OS/c1-4-17(2)34-14-12-33(13-15-34)11-5-10-28-24(35)31-25-29-20-7-9-22(30-23(20)36-25)32(3)21-8-6-18(26)16-19(21)27/h6-9,16-17H,4-5,10-15H2,1-3H3,(H2,28,29,31,35). The Morgan fingerprint density at radius 3 is 2.72 bits per heavy atom. The molecule has 1 aliphatic heterocycles. The fraction of sp³-hybridized carbons (Fsp3) is 0.480. The van der Waals surface area contributed by atoms with Gasteiger partial charge in [0.25, 0.3) is 0 Å². The maximum absolute atomic E-state index is 14.3. The summed E-state index contributed by atoms with van der Waals surface area (Å²) < 4.78 is 14.3. The van der Waals surface area contributed by atoms with Gasteiger partial charge >= 0.3 is 6.03 Å². The van der Waals surface area contributed by atoms with Crippen LogP contribution in [0.2, 0.25) is 5.02 Å². The number of urea groups is 1. The maximum atomic E-state index is 14.3. The first kappa shape index (κ1) is 26.5. The third-order valence-electron chi connectivity index (χ3n) is 6.63. The number of piperazine rings is 1. The molecule has 1 aliphatic rings. The van der Waals surface area contributed by atoms with Gasteiger partial charge in [-0.15, -0.1) is 0 Å². The van der Waals surface area contributed by atoms with Crippen LogP contribution in [0.3, 0.4) is 0 Å². The van der Waals surface area contributed by atoms with Crippen LogP contribution in [0, 0.1) is 5.82 Å². The smallest absolute Gasteiger partial charge is 0.321 e. The Labute approximate surface area is 220 Å². The second kappa shape index (κ2) is 12.1. The Morgan fingerprint density at radius 1 is 1.22 bits per heavy atom. The molecule has 36 heavy (non-hydrogen) atoms. The highest BCUT2D eigenvalue weighted by Gasteiger charge is 2.19. The van der Waals surface area contributed by atoms with Crippen LogP contribution >= 0.6 is 22.9 Å². The molecule has 0 aliphatic carbocycles. The Hall–Kier alpha value is -2.53. The van der Waals surface area contributed by atoms with Gasteiger partial charge < -0.3 is 15.1 Å². The number of nitrogens with zero attached hydrogens (tertiary/aromatic N) is 5. The summed E-state index contributed by atoms with van der Waals surface area (Å²) in [6, 6.07) is 8.46. The van der Waals surface area contributed by atoms with Crippen molar-refractivity contribution in [2.45, 2.75) is 32.7 Å². The van der Waals surface area contributed by atoms with Gasteiger partial charge in [0.05, 0.1) is 5.69 Å². The summed E-state index contributed by atoms with van der Waals surface area (Å²) in [5.41, 5.74) is 1.03. The topological polar surface area (TPSA) is 76.6 Å². The number of carbonyl (C=O) groups is 1. The van der Waals surface area contributed by atoms with Crippen LogP contribution in [0.5, 0.6) is 0 Å². The van der Waals surface area contributed by atoms with E-state index in [1.807, 2.05) is 6.07 Å². The first-order valence-electron chi connectivity index (χ1n) is 12.3. The van der Waals surface area contributed by atoms with E-state index >= 15 is 0 Å². The lowest BCUT2D eigenvalue weighted by Gasteiger charge is -2.37. The lowest BCUT2D eigenvalue weighted by molar-refractivity contribution is 0.100. The molecule has 1 unspecified atom stereocenters. The molecule has 1 saturated heterocycles.